The minimum atomic E-state index is -4.63. The van der Waals surface area contributed by atoms with E-state index in [1.54, 1.807) is 12.1 Å². The molecule has 3 rings (SSSR count). The second-order valence-corrected chi connectivity index (χ2v) is 6.22. The predicted molar refractivity (Wildman–Crippen MR) is 97.3 cm³/mol. The van der Waals surface area contributed by atoms with E-state index >= 15 is 0 Å². The van der Waals surface area contributed by atoms with Gasteiger partial charge in [0, 0.05) is 18.1 Å². The standard InChI is InChI=1S/C18H13ClF4N4O/c1-27-16(9-15(26-27)18(21,22)23)25-17(28)11-4-2-3-5-13(11)24-14-7-6-10(19)8-12(14)20/h2-9,24H,1H3,(H,25,28). The van der Waals surface area contributed by atoms with Gasteiger partial charge < -0.3 is 10.6 Å². The highest BCUT2D eigenvalue weighted by atomic mass is 35.5. The van der Waals surface area contributed by atoms with Gasteiger partial charge in [-0.05, 0) is 30.3 Å². The maximum Gasteiger partial charge on any atom is 0.435 e. The van der Waals surface area contributed by atoms with Crippen molar-refractivity contribution in [2.75, 3.05) is 10.6 Å². The Morgan fingerprint density at radius 2 is 1.82 bits per heavy atom. The largest absolute Gasteiger partial charge is 0.435 e. The first kappa shape index (κ1) is 19.7. The van der Waals surface area contributed by atoms with Gasteiger partial charge in [-0.2, -0.15) is 18.3 Å². The summed E-state index contributed by atoms with van der Waals surface area (Å²) < 4.78 is 53.2. The van der Waals surface area contributed by atoms with Crippen molar-refractivity contribution < 1.29 is 22.4 Å². The molecule has 0 bridgehead atoms. The molecular formula is C18H13ClF4N4O. The van der Waals surface area contributed by atoms with Crippen LogP contribution < -0.4 is 10.6 Å². The van der Waals surface area contributed by atoms with Crippen LogP contribution in [0.4, 0.5) is 34.8 Å². The predicted octanol–water partition coefficient (Wildman–Crippen LogP) is 5.23. The van der Waals surface area contributed by atoms with Gasteiger partial charge in [-0.1, -0.05) is 23.7 Å². The van der Waals surface area contributed by atoms with E-state index in [1.165, 1.54) is 31.3 Å². The molecule has 0 saturated carbocycles. The number of halogens is 5. The fraction of sp³-hybridized carbons (Fsp3) is 0.111. The van der Waals surface area contributed by atoms with Gasteiger partial charge in [0.25, 0.3) is 5.91 Å². The number of nitrogens with zero attached hydrogens (tertiary/aromatic N) is 2. The zero-order valence-electron chi connectivity index (χ0n) is 14.3. The van der Waals surface area contributed by atoms with Crippen molar-refractivity contribution >= 4 is 34.7 Å². The Morgan fingerprint density at radius 1 is 1.11 bits per heavy atom. The Labute approximate surface area is 161 Å². The molecular weight excluding hydrogens is 400 g/mol. The quantitative estimate of drug-likeness (QED) is 0.577. The number of aryl methyl sites for hydroxylation is 1. The van der Waals surface area contributed by atoms with Crippen LogP contribution in [0.15, 0.2) is 48.5 Å². The molecule has 0 aliphatic carbocycles. The molecule has 28 heavy (non-hydrogen) atoms. The smallest absolute Gasteiger partial charge is 0.352 e. The zero-order valence-corrected chi connectivity index (χ0v) is 15.1. The average molecular weight is 413 g/mol. The summed E-state index contributed by atoms with van der Waals surface area (Å²) in [5.74, 6) is -1.44. The molecule has 10 heteroatoms. The molecule has 0 fully saturated rings. The number of rotatable bonds is 4. The number of hydrogen-bond acceptors (Lipinski definition) is 3. The van der Waals surface area contributed by atoms with E-state index in [1.807, 2.05) is 0 Å². The molecule has 5 nitrogen and oxygen atoms in total. The van der Waals surface area contributed by atoms with Gasteiger partial charge >= 0.3 is 6.18 Å². The van der Waals surface area contributed by atoms with Crippen molar-refractivity contribution in [1.82, 2.24) is 9.78 Å². The Hall–Kier alpha value is -3.07. The molecule has 1 amide bonds. The number of benzene rings is 2. The highest BCUT2D eigenvalue weighted by Crippen LogP contribution is 2.30. The molecule has 0 unspecified atom stereocenters. The molecule has 0 aliphatic rings. The maximum atomic E-state index is 14.0. The summed E-state index contributed by atoms with van der Waals surface area (Å²) in [4.78, 5) is 12.6. The van der Waals surface area contributed by atoms with E-state index in [0.717, 1.165) is 16.8 Å². The lowest BCUT2D eigenvalue weighted by Crippen LogP contribution is -2.16. The average Bonchev–Trinajstić information content (AvgIpc) is 2.99. The first-order valence-corrected chi connectivity index (χ1v) is 8.26. The van der Waals surface area contributed by atoms with Crippen molar-refractivity contribution in [1.29, 1.82) is 0 Å². The number of alkyl halides is 3. The van der Waals surface area contributed by atoms with E-state index in [2.05, 4.69) is 15.7 Å². The summed E-state index contributed by atoms with van der Waals surface area (Å²) in [5.41, 5.74) is -0.671. The van der Waals surface area contributed by atoms with Crippen LogP contribution in [0, 0.1) is 5.82 Å². The van der Waals surface area contributed by atoms with E-state index in [9.17, 15) is 22.4 Å². The van der Waals surface area contributed by atoms with Crippen LogP contribution in [-0.4, -0.2) is 15.7 Å². The lowest BCUT2D eigenvalue weighted by molar-refractivity contribution is -0.141. The third kappa shape index (κ3) is 4.25. The molecule has 0 spiro atoms. The summed E-state index contributed by atoms with van der Waals surface area (Å²) in [5, 5.41) is 8.71. The van der Waals surface area contributed by atoms with Crippen LogP contribution >= 0.6 is 11.6 Å². The van der Waals surface area contributed by atoms with Gasteiger partial charge in [0.1, 0.15) is 11.6 Å². The number of nitrogens with one attached hydrogen (secondary N) is 2. The molecule has 1 aromatic heterocycles. The summed E-state index contributed by atoms with van der Waals surface area (Å²) in [6.07, 6.45) is -4.63. The van der Waals surface area contributed by atoms with E-state index in [4.69, 9.17) is 11.6 Å². The molecule has 2 aromatic carbocycles. The first-order valence-electron chi connectivity index (χ1n) is 7.89. The summed E-state index contributed by atoms with van der Waals surface area (Å²) in [6, 6.07) is 10.9. The van der Waals surface area contributed by atoms with Crippen LogP contribution in [0.25, 0.3) is 0 Å². The van der Waals surface area contributed by atoms with Crippen LogP contribution in [0.5, 0.6) is 0 Å². The van der Waals surface area contributed by atoms with Gasteiger partial charge in [0.15, 0.2) is 5.69 Å². The third-order valence-electron chi connectivity index (χ3n) is 3.78. The first-order chi connectivity index (χ1) is 13.1. The van der Waals surface area contributed by atoms with Gasteiger partial charge in [-0.25, -0.2) is 4.39 Å². The fourth-order valence-corrected chi connectivity index (χ4v) is 2.59. The fourth-order valence-electron chi connectivity index (χ4n) is 2.43. The SMILES string of the molecule is Cn1nc(C(F)(F)F)cc1NC(=O)c1ccccc1Nc1ccc(Cl)cc1F. The monoisotopic (exact) mass is 412 g/mol. The molecule has 0 aliphatic heterocycles. The van der Waals surface area contributed by atoms with Crippen molar-refractivity contribution in [2.45, 2.75) is 6.18 Å². The molecule has 2 N–H and O–H groups in total. The summed E-state index contributed by atoms with van der Waals surface area (Å²) >= 11 is 5.72. The molecule has 0 saturated heterocycles. The highest BCUT2D eigenvalue weighted by Gasteiger charge is 2.34. The molecule has 0 atom stereocenters. The topological polar surface area (TPSA) is 59.0 Å². The van der Waals surface area contributed by atoms with Gasteiger partial charge in [-0.3, -0.25) is 9.48 Å². The van der Waals surface area contributed by atoms with Crippen molar-refractivity contribution in [3.63, 3.8) is 0 Å². The lowest BCUT2D eigenvalue weighted by Gasteiger charge is -2.13. The molecule has 3 aromatic rings. The van der Waals surface area contributed by atoms with Crippen molar-refractivity contribution in [3.05, 3.63) is 70.6 Å². The Balaban J connectivity index is 1.86. The Morgan fingerprint density at radius 3 is 2.46 bits per heavy atom. The minimum Gasteiger partial charge on any atom is -0.352 e. The van der Waals surface area contributed by atoms with E-state index in [-0.39, 0.29) is 27.8 Å². The highest BCUT2D eigenvalue weighted by molar-refractivity contribution is 6.30. The van der Waals surface area contributed by atoms with E-state index in [0.29, 0.717) is 0 Å². The van der Waals surface area contributed by atoms with Gasteiger partial charge in [0.05, 0.1) is 16.9 Å². The van der Waals surface area contributed by atoms with Crippen LogP contribution in [-0.2, 0) is 13.2 Å². The summed E-state index contributed by atoms with van der Waals surface area (Å²) in [7, 11) is 1.28. The second-order valence-electron chi connectivity index (χ2n) is 5.79. The lowest BCUT2D eigenvalue weighted by atomic mass is 10.1. The number of carbonyl (C=O) groups is 1. The third-order valence-corrected chi connectivity index (χ3v) is 4.02. The number of aromatic nitrogens is 2. The zero-order chi connectivity index (χ0) is 20.5. The van der Waals surface area contributed by atoms with Crippen molar-refractivity contribution in [3.8, 4) is 0 Å². The normalized spacial score (nSPS) is 11.4. The number of para-hydroxylation sites is 1. The van der Waals surface area contributed by atoms with Crippen LogP contribution in [0.1, 0.15) is 16.1 Å². The van der Waals surface area contributed by atoms with Crippen LogP contribution in [0.2, 0.25) is 5.02 Å². The number of anilines is 3. The Kier molecular flexibility index (Phi) is 5.28. The maximum absolute atomic E-state index is 14.0. The Bertz CT molecular complexity index is 1030. The van der Waals surface area contributed by atoms with Crippen LogP contribution in [0.3, 0.4) is 0 Å². The van der Waals surface area contributed by atoms with Gasteiger partial charge in [-0.15, -0.1) is 0 Å². The molecule has 0 radical (unpaired) electrons. The number of carbonyl (C=O) groups excluding carboxylic acids is 1. The second kappa shape index (κ2) is 7.51. The number of hydrogen-bond donors (Lipinski definition) is 2. The van der Waals surface area contributed by atoms with E-state index < -0.39 is 23.6 Å². The van der Waals surface area contributed by atoms with Crippen molar-refractivity contribution in [2.24, 2.45) is 7.05 Å². The molecule has 146 valence electrons. The van der Waals surface area contributed by atoms with Gasteiger partial charge in [0.2, 0.25) is 0 Å². The number of amides is 1. The minimum absolute atomic E-state index is 0.0875. The summed E-state index contributed by atoms with van der Waals surface area (Å²) in [6.45, 7) is 0. The molecule has 1 heterocycles.